The first kappa shape index (κ1) is 13.0. The lowest BCUT2D eigenvalue weighted by molar-refractivity contribution is 0.0992. The number of thiophene rings is 1. The van der Waals surface area contributed by atoms with Crippen LogP contribution in [-0.2, 0) is 6.42 Å². The van der Waals surface area contributed by atoms with Crippen LogP contribution in [0.1, 0.15) is 36.8 Å². The molecule has 2 aromatic rings. The van der Waals surface area contributed by atoms with Crippen molar-refractivity contribution in [1.29, 1.82) is 0 Å². The van der Waals surface area contributed by atoms with E-state index in [1.165, 1.54) is 16.0 Å². The lowest BCUT2D eigenvalue weighted by atomic mass is 9.98. The molecule has 0 aliphatic carbocycles. The summed E-state index contributed by atoms with van der Waals surface area (Å²) >= 11 is 1.69. The number of carbonyl (C=O) groups excluding carboxylic acids is 1. The molecule has 0 saturated heterocycles. The number of hydrogen-bond acceptors (Lipinski definition) is 2. The highest BCUT2D eigenvalue weighted by Crippen LogP contribution is 2.23. The summed E-state index contributed by atoms with van der Waals surface area (Å²) in [5.74, 6) is 0.227. The quantitative estimate of drug-likeness (QED) is 0.745. The second-order valence-electron chi connectivity index (χ2n) is 4.86. The highest BCUT2D eigenvalue weighted by atomic mass is 32.1. The predicted octanol–water partition coefficient (Wildman–Crippen LogP) is 4.41. The summed E-state index contributed by atoms with van der Waals surface area (Å²) < 4.78 is 0. The van der Waals surface area contributed by atoms with Gasteiger partial charge in [0.25, 0.3) is 0 Å². The number of aryl methyl sites for hydroxylation is 4. The molecule has 2 heteroatoms. The molecule has 1 heterocycles. The van der Waals surface area contributed by atoms with E-state index >= 15 is 0 Å². The third-order valence-corrected chi connectivity index (χ3v) is 4.16. The van der Waals surface area contributed by atoms with E-state index < -0.39 is 0 Å². The Morgan fingerprint density at radius 3 is 2.44 bits per heavy atom. The number of benzene rings is 1. The van der Waals surface area contributed by atoms with Gasteiger partial charge in [0, 0.05) is 21.7 Å². The molecule has 0 aliphatic rings. The Morgan fingerprint density at radius 1 is 1.11 bits per heavy atom. The highest BCUT2D eigenvalue weighted by molar-refractivity contribution is 7.12. The fourth-order valence-corrected chi connectivity index (χ4v) is 3.11. The molecule has 0 saturated carbocycles. The van der Waals surface area contributed by atoms with Crippen molar-refractivity contribution in [3.05, 3.63) is 56.3 Å². The molecule has 94 valence electrons. The van der Waals surface area contributed by atoms with Gasteiger partial charge in [0.1, 0.15) is 0 Å². The number of carbonyl (C=O) groups is 1. The minimum atomic E-state index is 0.227. The minimum Gasteiger partial charge on any atom is -0.294 e. The summed E-state index contributed by atoms with van der Waals surface area (Å²) in [4.78, 5) is 14.7. The summed E-state index contributed by atoms with van der Waals surface area (Å²) in [6.07, 6.45) is 0.504. The standard InChI is InChI=1S/C16H18OS/c1-10-5-6-11(2)14(7-10)9-16(17)15-8-12(3)18-13(15)4/h5-8H,9H2,1-4H3. The molecule has 1 aromatic heterocycles. The van der Waals surface area contributed by atoms with E-state index in [1.807, 2.05) is 19.9 Å². The number of ketones is 1. The van der Waals surface area contributed by atoms with Gasteiger partial charge in [0.05, 0.1) is 0 Å². The Labute approximate surface area is 112 Å². The SMILES string of the molecule is Cc1ccc(C)c(CC(=O)c2cc(C)sc2C)c1. The normalized spacial score (nSPS) is 10.7. The van der Waals surface area contributed by atoms with Gasteiger partial charge in [-0.1, -0.05) is 23.8 Å². The van der Waals surface area contributed by atoms with Crippen molar-refractivity contribution in [2.24, 2.45) is 0 Å². The number of Topliss-reactive ketones (excluding diaryl/α,β-unsaturated/α-hetero) is 1. The van der Waals surface area contributed by atoms with Crippen LogP contribution in [0.15, 0.2) is 24.3 Å². The third kappa shape index (κ3) is 2.70. The largest absolute Gasteiger partial charge is 0.294 e. The molecule has 1 nitrogen and oxygen atoms in total. The maximum atomic E-state index is 12.3. The third-order valence-electron chi connectivity index (χ3n) is 3.20. The Kier molecular flexibility index (Phi) is 3.67. The zero-order valence-corrected chi connectivity index (χ0v) is 12.1. The molecule has 0 amide bonds. The van der Waals surface area contributed by atoms with Gasteiger partial charge in [-0.3, -0.25) is 4.79 Å². The minimum absolute atomic E-state index is 0.227. The summed E-state index contributed by atoms with van der Waals surface area (Å²) in [5.41, 5.74) is 4.43. The summed E-state index contributed by atoms with van der Waals surface area (Å²) in [6, 6.07) is 8.29. The molecule has 0 bridgehead atoms. The molecule has 2 rings (SSSR count). The van der Waals surface area contributed by atoms with Crippen LogP contribution in [0.5, 0.6) is 0 Å². The van der Waals surface area contributed by atoms with Gasteiger partial charge in [-0.2, -0.15) is 0 Å². The smallest absolute Gasteiger partial charge is 0.168 e. The Hall–Kier alpha value is -1.41. The average molecular weight is 258 g/mol. The van der Waals surface area contributed by atoms with Crippen LogP contribution in [-0.4, -0.2) is 5.78 Å². The second-order valence-corrected chi connectivity index (χ2v) is 6.32. The molecule has 0 atom stereocenters. The fraction of sp³-hybridized carbons (Fsp3) is 0.312. The Morgan fingerprint density at radius 2 is 1.83 bits per heavy atom. The van der Waals surface area contributed by atoms with Crippen LogP contribution >= 0.6 is 11.3 Å². The fourth-order valence-electron chi connectivity index (χ4n) is 2.17. The van der Waals surface area contributed by atoms with Crippen LogP contribution in [0.3, 0.4) is 0 Å². The summed E-state index contributed by atoms with van der Waals surface area (Å²) in [7, 11) is 0. The Bertz CT molecular complexity index is 593. The number of rotatable bonds is 3. The van der Waals surface area contributed by atoms with E-state index in [9.17, 15) is 4.79 Å². The van der Waals surface area contributed by atoms with Crippen molar-refractivity contribution in [3.8, 4) is 0 Å². The molecular formula is C16H18OS. The van der Waals surface area contributed by atoms with Crippen molar-refractivity contribution >= 4 is 17.1 Å². The number of hydrogen-bond donors (Lipinski definition) is 0. The zero-order chi connectivity index (χ0) is 13.3. The average Bonchev–Trinajstić information content (AvgIpc) is 2.63. The maximum Gasteiger partial charge on any atom is 0.168 e. The van der Waals surface area contributed by atoms with E-state index in [4.69, 9.17) is 0 Å². The van der Waals surface area contributed by atoms with Gasteiger partial charge >= 0.3 is 0 Å². The first-order valence-corrected chi connectivity index (χ1v) is 6.95. The molecule has 0 unspecified atom stereocenters. The van der Waals surface area contributed by atoms with Gasteiger partial charge in [0.2, 0.25) is 0 Å². The van der Waals surface area contributed by atoms with Crippen LogP contribution in [0, 0.1) is 27.7 Å². The second kappa shape index (κ2) is 5.07. The molecule has 0 spiro atoms. The van der Waals surface area contributed by atoms with Crippen LogP contribution in [0.4, 0.5) is 0 Å². The molecule has 0 radical (unpaired) electrons. The van der Waals surface area contributed by atoms with Gasteiger partial charge in [0.15, 0.2) is 5.78 Å². The molecule has 1 aromatic carbocycles. The lowest BCUT2D eigenvalue weighted by Crippen LogP contribution is -2.05. The lowest BCUT2D eigenvalue weighted by Gasteiger charge is -2.06. The van der Waals surface area contributed by atoms with Crippen molar-refractivity contribution in [3.63, 3.8) is 0 Å². The van der Waals surface area contributed by atoms with E-state index in [2.05, 4.69) is 32.0 Å². The topological polar surface area (TPSA) is 17.1 Å². The van der Waals surface area contributed by atoms with Crippen molar-refractivity contribution in [1.82, 2.24) is 0 Å². The highest BCUT2D eigenvalue weighted by Gasteiger charge is 2.13. The van der Waals surface area contributed by atoms with Crippen LogP contribution in [0.25, 0.3) is 0 Å². The first-order chi connectivity index (χ1) is 8.47. The van der Waals surface area contributed by atoms with Gasteiger partial charge in [-0.05, 0) is 44.9 Å². The first-order valence-electron chi connectivity index (χ1n) is 6.13. The van der Waals surface area contributed by atoms with Crippen molar-refractivity contribution < 1.29 is 4.79 Å². The molecule has 0 N–H and O–H groups in total. The molecule has 18 heavy (non-hydrogen) atoms. The predicted molar refractivity (Wildman–Crippen MR) is 77.7 cm³/mol. The van der Waals surface area contributed by atoms with E-state index in [1.54, 1.807) is 11.3 Å². The van der Waals surface area contributed by atoms with E-state index in [0.717, 1.165) is 16.0 Å². The van der Waals surface area contributed by atoms with Gasteiger partial charge in [-0.25, -0.2) is 0 Å². The van der Waals surface area contributed by atoms with Crippen LogP contribution < -0.4 is 0 Å². The van der Waals surface area contributed by atoms with Crippen molar-refractivity contribution in [2.75, 3.05) is 0 Å². The summed E-state index contributed by atoms with van der Waals surface area (Å²) in [5, 5.41) is 0. The van der Waals surface area contributed by atoms with E-state index in [0.29, 0.717) is 6.42 Å². The van der Waals surface area contributed by atoms with E-state index in [-0.39, 0.29) is 5.78 Å². The van der Waals surface area contributed by atoms with Crippen LogP contribution in [0.2, 0.25) is 0 Å². The molecule has 0 aliphatic heterocycles. The van der Waals surface area contributed by atoms with Gasteiger partial charge < -0.3 is 0 Å². The summed E-state index contributed by atoms with van der Waals surface area (Å²) in [6.45, 7) is 8.20. The Balaban J connectivity index is 2.26. The zero-order valence-electron chi connectivity index (χ0n) is 11.3. The van der Waals surface area contributed by atoms with Gasteiger partial charge in [-0.15, -0.1) is 11.3 Å². The molecular weight excluding hydrogens is 240 g/mol. The maximum absolute atomic E-state index is 12.3. The molecule has 0 fully saturated rings. The van der Waals surface area contributed by atoms with Crippen molar-refractivity contribution in [2.45, 2.75) is 34.1 Å². The monoisotopic (exact) mass is 258 g/mol.